The van der Waals surface area contributed by atoms with Gasteiger partial charge < -0.3 is 24.8 Å². The van der Waals surface area contributed by atoms with Gasteiger partial charge in [-0.05, 0) is 25.3 Å². The SMILES string of the molecule is O=C(NC1CCN(c2nccc(C3CCOCC3)n2)C1)c1cn2c(n1)CCNCC2. The molecular weight excluding hydrogens is 382 g/mol. The third-order valence-electron chi connectivity index (χ3n) is 6.26. The summed E-state index contributed by atoms with van der Waals surface area (Å²) in [6, 6.07) is 2.10. The molecule has 3 aliphatic heterocycles. The molecule has 1 unspecified atom stereocenters. The molecule has 30 heavy (non-hydrogen) atoms. The molecule has 2 saturated heterocycles. The first-order valence-corrected chi connectivity index (χ1v) is 11.0. The molecule has 0 aromatic carbocycles. The number of fused-ring (bicyclic) bond motifs is 1. The Hall–Kier alpha value is -2.52. The fourth-order valence-electron chi connectivity index (χ4n) is 4.54. The minimum absolute atomic E-state index is 0.0796. The number of hydrogen-bond donors (Lipinski definition) is 2. The highest BCUT2D eigenvalue weighted by Gasteiger charge is 2.28. The number of aromatic nitrogens is 4. The molecule has 0 saturated carbocycles. The van der Waals surface area contributed by atoms with Gasteiger partial charge in [0, 0.05) is 82.4 Å². The molecular formula is C21H29N7O2. The Morgan fingerprint density at radius 2 is 2.07 bits per heavy atom. The van der Waals surface area contributed by atoms with Crippen LogP contribution in [0.1, 0.15) is 47.2 Å². The molecule has 0 radical (unpaired) electrons. The predicted octanol–water partition coefficient (Wildman–Crippen LogP) is 0.722. The fourth-order valence-corrected chi connectivity index (χ4v) is 4.54. The maximum absolute atomic E-state index is 12.7. The van der Waals surface area contributed by atoms with Crippen molar-refractivity contribution >= 4 is 11.9 Å². The second-order valence-electron chi connectivity index (χ2n) is 8.31. The lowest BCUT2D eigenvalue weighted by Crippen LogP contribution is -2.37. The molecule has 5 rings (SSSR count). The van der Waals surface area contributed by atoms with Crippen molar-refractivity contribution in [3.05, 3.63) is 35.7 Å². The van der Waals surface area contributed by atoms with E-state index in [1.165, 1.54) is 0 Å². The smallest absolute Gasteiger partial charge is 0.271 e. The standard InChI is InChI=1S/C21H29N7O2/c29-20(18-14-27-10-8-22-6-2-19(27)25-18)24-16-3-9-28(13-16)21-23-7-1-17(26-21)15-4-11-30-12-5-15/h1,7,14-16,22H,2-6,8-13H2,(H,24,29). The van der Waals surface area contributed by atoms with Gasteiger partial charge in [-0.2, -0.15) is 0 Å². The van der Waals surface area contributed by atoms with Crippen molar-refractivity contribution in [1.82, 2.24) is 30.2 Å². The first-order valence-electron chi connectivity index (χ1n) is 11.0. The van der Waals surface area contributed by atoms with E-state index < -0.39 is 0 Å². The quantitative estimate of drug-likeness (QED) is 0.765. The Bertz CT molecular complexity index is 870. The van der Waals surface area contributed by atoms with Crippen molar-refractivity contribution in [3.63, 3.8) is 0 Å². The van der Waals surface area contributed by atoms with E-state index in [1.807, 2.05) is 18.5 Å². The third-order valence-corrected chi connectivity index (χ3v) is 6.26. The zero-order chi connectivity index (χ0) is 20.3. The fraction of sp³-hybridized carbons (Fsp3) is 0.619. The van der Waals surface area contributed by atoms with Crippen molar-refractivity contribution < 1.29 is 9.53 Å². The molecule has 1 amide bonds. The highest BCUT2D eigenvalue weighted by Crippen LogP contribution is 2.26. The van der Waals surface area contributed by atoms with Crippen LogP contribution in [0.3, 0.4) is 0 Å². The van der Waals surface area contributed by atoms with Crippen LogP contribution in [0, 0.1) is 0 Å². The van der Waals surface area contributed by atoms with Gasteiger partial charge in [-0.15, -0.1) is 0 Å². The molecule has 2 N–H and O–H groups in total. The lowest BCUT2D eigenvalue weighted by atomic mass is 9.96. The molecule has 160 valence electrons. The molecule has 5 heterocycles. The average Bonchev–Trinajstić information content (AvgIpc) is 3.36. The maximum Gasteiger partial charge on any atom is 0.271 e. The monoisotopic (exact) mass is 411 g/mol. The third kappa shape index (κ3) is 4.17. The van der Waals surface area contributed by atoms with Gasteiger partial charge in [0.1, 0.15) is 11.5 Å². The van der Waals surface area contributed by atoms with E-state index in [4.69, 9.17) is 9.72 Å². The van der Waals surface area contributed by atoms with Crippen LogP contribution in [-0.2, 0) is 17.7 Å². The van der Waals surface area contributed by atoms with Crippen LogP contribution in [0.25, 0.3) is 0 Å². The van der Waals surface area contributed by atoms with E-state index in [2.05, 4.69) is 30.1 Å². The number of carbonyl (C=O) groups excluding carboxylic acids is 1. The molecule has 0 bridgehead atoms. The average molecular weight is 412 g/mol. The summed E-state index contributed by atoms with van der Waals surface area (Å²) >= 11 is 0. The van der Waals surface area contributed by atoms with Crippen molar-refractivity contribution in [3.8, 4) is 0 Å². The molecule has 2 aromatic rings. The minimum atomic E-state index is -0.0905. The number of imidazole rings is 1. The Morgan fingerprint density at radius 3 is 2.97 bits per heavy atom. The molecule has 0 aliphatic carbocycles. The van der Waals surface area contributed by atoms with Gasteiger partial charge in [0.25, 0.3) is 5.91 Å². The number of carbonyl (C=O) groups is 1. The summed E-state index contributed by atoms with van der Waals surface area (Å²) in [5.74, 6) is 2.10. The Labute approximate surface area is 176 Å². The zero-order valence-corrected chi connectivity index (χ0v) is 17.2. The van der Waals surface area contributed by atoms with Gasteiger partial charge in [-0.1, -0.05) is 0 Å². The van der Waals surface area contributed by atoms with Crippen LogP contribution < -0.4 is 15.5 Å². The lowest BCUT2D eigenvalue weighted by molar-refractivity contribution is 0.0845. The minimum Gasteiger partial charge on any atom is -0.381 e. The molecule has 2 fully saturated rings. The van der Waals surface area contributed by atoms with Gasteiger partial charge >= 0.3 is 0 Å². The van der Waals surface area contributed by atoms with Crippen molar-refractivity contribution in [1.29, 1.82) is 0 Å². The van der Waals surface area contributed by atoms with Gasteiger partial charge in [-0.3, -0.25) is 4.79 Å². The van der Waals surface area contributed by atoms with Crippen LogP contribution in [0.2, 0.25) is 0 Å². The highest BCUT2D eigenvalue weighted by molar-refractivity contribution is 5.92. The van der Waals surface area contributed by atoms with Crippen LogP contribution >= 0.6 is 0 Å². The second kappa shape index (κ2) is 8.69. The second-order valence-corrected chi connectivity index (χ2v) is 8.31. The predicted molar refractivity (Wildman–Crippen MR) is 112 cm³/mol. The summed E-state index contributed by atoms with van der Waals surface area (Å²) < 4.78 is 7.56. The Kier molecular flexibility index (Phi) is 5.63. The van der Waals surface area contributed by atoms with Gasteiger partial charge in [-0.25, -0.2) is 15.0 Å². The first-order chi connectivity index (χ1) is 14.8. The van der Waals surface area contributed by atoms with E-state index in [9.17, 15) is 4.79 Å². The lowest BCUT2D eigenvalue weighted by Gasteiger charge is -2.23. The van der Waals surface area contributed by atoms with Crippen molar-refractivity contribution in [2.45, 2.75) is 44.2 Å². The first kappa shape index (κ1) is 19.4. The summed E-state index contributed by atoms with van der Waals surface area (Å²) in [6.45, 7) is 5.84. The topological polar surface area (TPSA) is 97.2 Å². The number of anilines is 1. The number of nitrogens with zero attached hydrogens (tertiary/aromatic N) is 5. The Balaban J connectivity index is 1.20. The van der Waals surface area contributed by atoms with Crippen LogP contribution in [0.5, 0.6) is 0 Å². The van der Waals surface area contributed by atoms with E-state index >= 15 is 0 Å². The molecule has 3 aliphatic rings. The van der Waals surface area contributed by atoms with E-state index in [0.29, 0.717) is 11.6 Å². The summed E-state index contributed by atoms with van der Waals surface area (Å²) in [6.07, 6.45) is 7.50. The number of hydrogen-bond acceptors (Lipinski definition) is 7. The van der Waals surface area contributed by atoms with Crippen molar-refractivity contribution in [2.75, 3.05) is 44.3 Å². The molecule has 0 spiro atoms. The van der Waals surface area contributed by atoms with E-state index in [0.717, 1.165) is 89.1 Å². The van der Waals surface area contributed by atoms with Crippen molar-refractivity contribution in [2.24, 2.45) is 0 Å². The van der Waals surface area contributed by atoms with Gasteiger partial charge in [0.05, 0.1) is 0 Å². The number of ether oxygens (including phenoxy) is 1. The largest absolute Gasteiger partial charge is 0.381 e. The van der Waals surface area contributed by atoms with Gasteiger partial charge in [0.15, 0.2) is 0 Å². The molecule has 1 atom stereocenters. The number of amides is 1. The molecule has 9 heteroatoms. The highest BCUT2D eigenvalue weighted by atomic mass is 16.5. The molecule has 9 nitrogen and oxygen atoms in total. The molecule has 2 aromatic heterocycles. The van der Waals surface area contributed by atoms with Crippen LogP contribution in [0.15, 0.2) is 18.5 Å². The number of rotatable bonds is 4. The summed E-state index contributed by atoms with van der Waals surface area (Å²) in [5, 5.41) is 6.50. The summed E-state index contributed by atoms with van der Waals surface area (Å²) in [5.41, 5.74) is 1.62. The Morgan fingerprint density at radius 1 is 1.17 bits per heavy atom. The van der Waals surface area contributed by atoms with E-state index in [-0.39, 0.29) is 11.9 Å². The summed E-state index contributed by atoms with van der Waals surface area (Å²) in [4.78, 5) is 28.8. The van der Waals surface area contributed by atoms with Crippen LogP contribution in [-0.4, -0.2) is 70.9 Å². The summed E-state index contributed by atoms with van der Waals surface area (Å²) in [7, 11) is 0. The zero-order valence-electron chi connectivity index (χ0n) is 17.2. The normalized spacial score (nSPS) is 22.5. The van der Waals surface area contributed by atoms with E-state index in [1.54, 1.807) is 0 Å². The maximum atomic E-state index is 12.7. The van der Waals surface area contributed by atoms with Crippen LogP contribution in [0.4, 0.5) is 5.95 Å². The number of nitrogens with one attached hydrogen (secondary N) is 2. The van der Waals surface area contributed by atoms with Gasteiger partial charge in [0.2, 0.25) is 5.95 Å².